The fourth-order valence-electron chi connectivity index (χ4n) is 1.70. The summed E-state index contributed by atoms with van der Waals surface area (Å²) in [5.41, 5.74) is 0. The molecule has 1 fully saturated rings. The minimum Gasteiger partial charge on any atom is -0.481 e. The highest BCUT2D eigenvalue weighted by Crippen LogP contribution is 2.08. The van der Waals surface area contributed by atoms with Crippen LogP contribution in [-0.4, -0.2) is 44.9 Å². The Hall–Kier alpha value is -1.11. The first-order valence-corrected chi connectivity index (χ1v) is 7.10. The van der Waals surface area contributed by atoms with Crippen molar-refractivity contribution in [3.05, 3.63) is 0 Å². The molecule has 0 aliphatic carbocycles. The highest BCUT2D eigenvalue weighted by atomic mass is 32.2. The molecule has 6 nitrogen and oxygen atoms in total. The third-order valence-electron chi connectivity index (χ3n) is 2.58. The molecule has 0 spiro atoms. The fourth-order valence-corrected chi connectivity index (χ4v) is 3.00. The second-order valence-electron chi connectivity index (χ2n) is 4.24. The number of amides is 2. The maximum absolute atomic E-state index is 11.5. The normalized spacial score (nSPS) is 25.9. The van der Waals surface area contributed by atoms with Gasteiger partial charge in [0.15, 0.2) is 0 Å². The molecule has 0 saturated carbocycles. The van der Waals surface area contributed by atoms with E-state index < -0.39 is 22.8 Å². The molecule has 0 radical (unpaired) electrons. The van der Waals surface area contributed by atoms with Crippen LogP contribution in [-0.2, 0) is 15.6 Å². The van der Waals surface area contributed by atoms with Crippen LogP contribution in [0.5, 0.6) is 0 Å². The summed E-state index contributed by atoms with van der Waals surface area (Å²) in [6, 6.07) is -0.702. The van der Waals surface area contributed by atoms with Crippen LogP contribution in [0.1, 0.15) is 26.2 Å². The third-order valence-corrected chi connectivity index (χ3v) is 3.96. The summed E-state index contributed by atoms with van der Waals surface area (Å²) in [6.45, 7) is 1.64. The number of nitrogens with one attached hydrogen (secondary N) is 2. The highest BCUT2D eigenvalue weighted by Gasteiger charge is 2.20. The van der Waals surface area contributed by atoms with Crippen molar-refractivity contribution in [1.82, 2.24) is 10.6 Å². The summed E-state index contributed by atoms with van der Waals surface area (Å²) in [5.74, 6) is 0.302. The number of carboxylic acids is 1. The quantitative estimate of drug-likeness (QED) is 0.667. The minimum absolute atomic E-state index is 0.0460. The van der Waals surface area contributed by atoms with Crippen molar-refractivity contribution < 1.29 is 18.9 Å². The van der Waals surface area contributed by atoms with Crippen molar-refractivity contribution in [2.45, 2.75) is 38.3 Å². The zero-order valence-corrected chi connectivity index (χ0v) is 10.6. The smallest absolute Gasteiger partial charge is 0.315 e. The van der Waals surface area contributed by atoms with E-state index in [0.717, 1.165) is 0 Å². The standard InChI is InChI=1S/C10H18N2O4S/c1-7(6-9(13)14)11-10(15)12-8-2-4-17(16)5-3-8/h7-8H,2-6H2,1H3,(H,13,14)(H2,11,12,15). The Bertz CT molecular complexity index is 311. The second kappa shape index (κ2) is 6.58. The van der Waals surface area contributed by atoms with Crippen molar-refractivity contribution in [2.75, 3.05) is 11.5 Å². The van der Waals surface area contributed by atoms with Crippen LogP contribution in [0.4, 0.5) is 4.79 Å². The van der Waals surface area contributed by atoms with E-state index >= 15 is 0 Å². The zero-order valence-electron chi connectivity index (χ0n) is 9.77. The molecule has 1 atom stereocenters. The molecule has 0 bridgehead atoms. The van der Waals surface area contributed by atoms with Gasteiger partial charge in [0.1, 0.15) is 0 Å². The van der Waals surface area contributed by atoms with Crippen LogP contribution in [0.2, 0.25) is 0 Å². The summed E-state index contributed by atoms with van der Waals surface area (Å²) in [7, 11) is -0.744. The molecule has 17 heavy (non-hydrogen) atoms. The van der Waals surface area contributed by atoms with Crippen LogP contribution in [0, 0.1) is 0 Å². The number of aliphatic carboxylic acids is 1. The van der Waals surface area contributed by atoms with E-state index in [4.69, 9.17) is 5.11 Å². The van der Waals surface area contributed by atoms with Gasteiger partial charge in [0.25, 0.3) is 0 Å². The topological polar surface area (TPSA) is 95.5 Å². The minimum atomic E-state index is -0.939. The molecular weight excluding hydrogens is 244 g/mol. The van der Waals surface area contributed by atoms with Gasteiger partial charge in [0.2, 0.25) is 0 Å². The monoisotopic (exact) mass is 262 g/mol. The number of hydrogen-bond donors (Lipinski definition) is 3. The van der Waals surface area contributed by atoms with Gasteiger partial charge in [0.05, 0.1) is 6.42 Å². The van der Waals surface area contributed by atoms with Crippen LogP contribution in [0.25, 0.3) is 0 Å². The Kier molecular flexibility index (Phi) is 5.40. The van der Waals surface area contributed by atoms with Gasteiger partial charge in [-0.3, -0.25) is 9.00 Å². The molecule has 3 N–H and O–H groups in total. The van der Waals surface area contributed by atoms with Crippen molar-refractivity contribution in [3.8, 4) is 0 Å². The molecule has 2 amide bonds. The van der Waals surface area contributed by atoms with Gasteiger partial charge in [-0.15, -0.1) is 0 Å². The van der Waals surface area contributed by atoms with Gasteiger partial charge in [-0.05, 0) is 19.8 Å². The largest absolute Gasteiger partial charge is 0.481 e. The van der Waals surface area contributed by atoms with Gasteiger partial charge in [-0.1, -0.05) is 0 Å². The molecule has 1 heterocycles. The number of hydrogen-bond acceptors (Lipinski definition) is 3. The molecule has 0 aromatic rings. The Balaban J connectivity index is 2.24. The van der Waals surface area contributed by atoms with Gasteiger partial charge in [0, 0.05) is 34.4 Å². The maximum Gasteiger partial charge on any atom is 0.315 e. The Morgan fingerprint density at radius 1 is 1.41 bits per heavy atom. The van der Waals surface area contributed by atoms with Crippen molar-refractivity contribution in [2.24, 2.45) is 0 Å². The van der Waals surface area contributed by atoms with Crippen LogP contribution in [0.3, 0.4) is 0 Å². The number of carbonyl (C=O) groups excluding carboxylic acids is 1. The number of carboxylic acid groups (broad SMARTS) is 1. The summed E-state index contributed by atoms with van der Waals surface area (Å²) in [4.78, 5) is 21.9. The molecule has 1 saturated heterocycles. The predicted molar refractivity (Wildman–Crippen MR) is 64.3 cm³/mol. The summed E-state index contributed by atoms with van der Waals surface area (Å²) >= 11 is 0. The Morgan fingerprint density at radius 3 is 2.53 bits per heavy atom. The van der Waals surface area contributed by atoms with E-state index in [2.05, 4.69) is 10.6 Å². The van der Waals surface area contributed by atoms with Gasteiger partial charge >= 0.3 is 12.0 Å². The molecular formula is C10H18N2O4S. The molecule has 98 valence electrons. The average Bonchev–Trinajstić information content (AvgIpc) is 2.19. The lowest BCUT2D eigenvalue weighted by Gasteiger charge is -2.23. The van der Waals surface area contributed by atoms with E-state index in [1.165, 1.54) is 0 Å². The van der Waals surface area contributed by atoms with E-state index in [1.54, 1.807) is 6.92 Å². The van der Waals surface area contributed by atoms with Gasteiger partial charge in [-0.2, -0.15) is 0 Å². The molecule has 0 aromatic carbocycles. The molecule has 1 rings (SSSR count). The van der Waals surface area contributed by atoms with Crippen LogP contribution in [0.15, 0.2) is 0 Å². The Morgan fingerprint density at radius 2 is 2.00 bits per heavy atom. The van der Waals surface area contributed by atoms with E-state index in [-0.39, 0.29) is 18.5 Å². The van der Waals surface area contributed by atoms with Gasteiger partial charge in [-0.25, -0.2) is 4.79 Å². The SMILES string of the molecule is CC(CC(=O)O)NC(=O)NC1CCS(=O)CC1. The van der Waals surface area contributed by atoms with Gasteiger partial charge < -0.3 is 15.7 Å². The lowest BCUT2D eigenvalue weighted by molar-refractivity contribution is -0.137. The molecule has 1 aliphatic rings. The molecule has 1 aliphatic heterocycles. The summed E-state index contributed by atoms with van der Waals surface area (Å²) in [5, 5.41) is 13.9. The first-order chi connectivity index (χ1) is 7.97. The second-order valence-corrected chi connectivity index (χ2v) is 5.94. The summed E-state index contributed by atoms with van der Waals surface area (Å²) < 4.78 is 11.1. The van der Waals surface area contributed by atoms with Crippen molar-refractivity contribution in [3.63, 3.8) is 0 Å². The fraction of sp³-hybridized carbons (Fsp3) is 0.800. The first kappa shape index (κ1) is 14.0. The van der Waals surface area contributed by atoms with E-state index in [0.29, 0.717) is 24.3 Å². The molecule has 1 unspecified atom stereocenters. The lowest BCUT2D eigenvalue weighted by atomic mass is 10.1. The maximum atomic E-state index is 11.5. The first-order valence-electron chi connectivity index (χ1n) is 5.61. The molecule has 7 heteroatoms. The van der Waals surface area contributed by atoms with E-state index in [1.807, 2.05) is 0 Å². The molecule has 0 aromatic heterocycles. The number of urea groups is 1. The van der Waals surface area contributed by atoms with Crippen LogP contribution < -0.4 is 10.6 Å². The summed E-state index contributed by atoms with van der Waals surface area (Å²) in [6.07, 6.45) is 1.34. The van der Waals surface area contributed by atoms with Crippen molar-refractivity contribution in [1.29, 1.82) is 0 Å². The lowest BCUT2D eigenvalue weighted by Crippen LogP contribution is -2.47. The predicted octanol–water partition coefficient (Wildman–Crippen LogP) is 0.0599. The van der Waals surface area contributed by atoms with Crippen LogP contribution >= 0.6 is 0 Å². The Labute approximate surface area is 103 Å². The zero-order chi connectivity index (χ0) is 12.8. The highest BCUT2D eigenvalue weighted by molar-refractivity contribution is 7.85. The third kappa shape index (κ3) is 5.67. The number of rotatable bonds is 4. The van der Waals surface area contributed by atoms with Crippen molar-refractivity contribution >= 4 is 22.8 Å². The van der Waals surface area contributed by atoms with E-state index in [9.17, 15) is 13.8 Å². The number of carbonyl (C=O) groups is 2. The average molecular weight is 262 g/mol.